The quantitative estimate of drug-likeness (QED) is 0.0949. The van der Waals surface area contributed by atoms with Crippen LogP contribution in [0.3, 0.4) is 0 Å². The van der Waals surface area contributed by atoms with Gasteiger partial charge >= 0.3 is 0 Å². The Labute approximate surface area is 210 Å². The maximum Gasteiger partial charge on any atom is 0.268 e. The highest BCUT2D eigenvalue weighted by Gasteiger charge is 2.24. The lowest BCUT2D eigenvalue weighted by atomic mass is 10.0. The smallest absolute Gasteiger partial charge is 0.268 e. The van der Waals surface area contributed by atoms with Gasteiger partial charge in [0.2, 0.25) is 0 Å². The Morgan fingerprint density at radius 1 is 0.794 bits per heavy atom. The second-order valence-corrected chi connectivity index (χ2v) is 12.2. The van der Waals surface area contributed by atoms with Crippen molar-refractivity contribution >= 4 is 7.82 Å². The number of phosphoric ester groups is 1. The predicted molar refractivity (Wildman–Crippen MR) is 139 cm³/mol. The second kappa shape index (κ2) is 21.1. The van der Waals surface area contributed by atoms with E-state index in [0.29, 0.717) is 17.4 Å². The molecule has 0 aliphatic carbocycles. The number of hydrogen-bond donors (Lipinski definition) is 2. The van der Waals surface area contributed by atoms with Gasteiger partial charge in [0.15, 0.2) is 0 Å². The van der Waals surface area contributed by atoms with Crippen molar-refractivity contribution in [3.8, 4) is 0 Å². The summed E-state index contributed by atoms with van der Waals surface area (Å²) in [6, 6.07) is 0. The lowest BCUT2D eigenvalue weighted by Crippen LogP contribution is -2.42. The van der Waals surface area contributed by atoms with Crippen molar-refractivity contribution in [3.05, 3.63) is 0 Å². The van der Waals surface area contributed by atoms with Crippen LogP contribution in [0.1, 0.15) is 116 Å². The van der Waals surface area contributed by atoms with Gasteiger partial charge in [0.05, 0.1) is 34.4 Å². The van der Waals surface area contributed by atoms with Crippen molar-refractivity contribution in [1.29, 1.82) is 0 Å². The molecule has 0 aromatic heterocycles. The van der Waals surface area contributed by atoms with Crippen LogP contribution in [-0.4, -0.2) is 67.8 Å². The van der Waals surface area contributed by atoms with Gasteiger partial charge in [-0.15, -0.1) is 0 Å². The molecule has 0 bridgehead atoms. The molecule has 0 amide bonds. The second-order valence-electron chi connectivity index (χ2n) is 10.9. The van der Waals surface area contributed by atoms with E-state index in [1.807, 2.05) is 21.1 Å². The van der Waals surface area contributed by atoms with Gasteiger partial charge in [-0.25, -0.2) is 0 Å². The lowest BCUT2D eigenvalue weighted by molar-refractivity contribution is -0.873. The molecular formula is C26H56NO6P. The van der Waals surface area contributed by atoms with Gasteiger partial charge in [-0.3, -0.25) is 4.57 Å². The van der Waals surface area contributed by atoms with E-state index in [9.17, 15) is 14.6 Å². The fourth-order valence-corrected chi connectivity index (χ4v) is 5.10. The number of unbranched alkanes of at least 4 members (excludes halogenated alkanes) is 15. The van der Waals surface area contributed by atoms with E-state index in [4.69, 9.17) is 14.2 Å². The Morgan fingerprint density at radius 3 is 1.59 bits per heavy atom. The van der Waals surface area contributed by atoms with Crippen LogP contribution in [0.25, 0.3) is 0 Å². The highest BCUT2D eigenvalue weighted by molar-refractivity contribution is 7.45. The van der Waals surface area contributed by atoms with Crippen LogP contribution in [0, 0.1) is 0 Å². The number of nitrogens with zero attached hydrogens (tertiary/aromatic N) is 1. The molecule has 0 aliphatic rings. The highest BCUT2D eigenvalue weighted by atomic mass is 31.2. The fourth-order valence-electron chi connectivity index (χ4n) is 4.15. The maximum atomic E-state index is 12.1. The molecule has 0 aromatic carbocycles. The summed E-state index contributed by atoms with van der Waals surface area (Å²) in [5.41, 5.74) is 0. The molecule has 2 N–H and O–H groups in total. The Bertz CT molecular complexity index is 500. The Hall–Kier alpha value is -0.0100. The minimum atomic E-state index is -4.52. The minimum absolute atomic E-state index is 0.457. The van der Waals surface area contributed by atoms with E-state index in [2.05, 4.69) is 6.92 Å². The van der Waals surface area contributed by atoms with Crippen LogP contribution in [0.4, 0.5) is 0 Å². The standard InChI is InChI=1S/C26H56NO6P/c1-5-6-7-8-9-10-11-12-13-14-15-16-17-18-19-20-21-26(22-27(2,3)4)33-34(30,31)32-24-25(29)23-28/h25-26,28-29H,5-24H2,1-4H3/t25-,26?/m1/s1. The maximum absolute atomic E-state index is 12.1. The van der Waals surface area contributed by atoms with Crippen molar-refractivity contribution in [3.63, 3.8) is 0 Å². The van der Waals surface area contributed by atoms with Crippen molar-refractivity contribution in [2.75, 3.05) is 40.9 Å². The van der Waals surface area contributed by atoms with Crippen molar-refractivity contribution in [2.24, 2.45) is 0 Å². The van der Waals surface area contributed by atoms with E-state index in [1.165, 1.54) is 89.9 Å². The normalized spacial score (nSPS) is 15.9. The number of phosphoric acid groups is 1. The molecule has 8 heteroatoms. The largest absolute Gasteiger partial charge is 0.756 e. The predicted octanol–water partition coefficient (Wildman–Crippen LogP) is 5.57. The first-order valence-electron chi connectivity index (χ1n) is 13.8. The molecule has 0 aliphatic heterocycles. The number of hydrogen-bond acceptors (Lipinski definition) is 6. The molecule has 0 fully saturated rings. The van der Waals surface area contributed by atoms with Gasteiger partial charge < -0.3 is 28.6 Å². The van der Waals surface area contributed by atoms with E-state index in [-0.39, 0.29) is 0 Å². The van der Waals surface area contributed by atoms with E-state index < -0.39 is 33.2 Å². The van der Waals surface area contributed by atoms with Gasteiger partial charge in [-0.2, -0.15) is 0 Å². The summed E-state index contributed by atoms with van der Waals surface area (Å²) in [7, 11) is 1.46. The molecular weight excluding hydrogens is 453 g/mol. The van der Waals surface area contributed by atoms with E-state index in [1.54, 1.807) is 0 Å². The average molecular weight is 510 g/mol. The third kappa shape index (κ3) is 23.7. The average Bonchev–Trinajstić information content (AvgIpc) is 2.75. The number of likely N-dealkylation sites (N-methyl/N-ethyl adjacent to an activating group) is 1. The van der Waals surface area contributed by atoms with Crippen LogP contribution < -0.4 is 4.89 Å². The topological polar surface area (TPSA) is 99.1 Å². The van der Waals surface area contributed by atoms with Crippen molar-refractivity contribution in [1.82, 2.24) is 0 Å². The zero-order chi connectivity index (χ0) is 25.7. The van der Waals surface area contributed by atoms with Crippen molar-refractivity contribution in [2.45, 2.75) is 128 Å². The summed E-state index contributed by atoms with van der Waals surface area (Å²) < 4.78 is 22.7. The summed E-state index contributed by atoms with van der Waals surface area (Å²) in [6.07, 6.45) is 19.8. The third-order valence-electron chi connectivity index (χ3n) is 6.04. The summed E-state index contributed by atoms with van der Waals surface area (Å²) in [5, 5.41) is 18.1. The van der Waals surface area contributed by atoms with Crippen LogP contribution in [0.5, 0.6) is 0 Å². The first-order chi connectivity index (χ1) is 16.1. The summed E-state index contributed by atoms with van der Waals surface area (Å²) >= 11 is 0. The summed E-state index contributed by atoms with van der Waals surface area (Å²) in [5.74, 6) is 0. The monoisotopic (exact) mass is 509 g/mol. The van der Waals surface area contributed by atoms with Gasteiger partial charge in [0.25, 0.3) is 7.82 Å². The van der Waals surface area contributed by atoms with E-state index in [0.717, 1.165) is 12.8 Å². The molecule has 0 saturated carbocycles. The van der Waals surface area contributed by atoms with E-state index >= 15 is 0 Å². The van der Waals surface area contributed by atoms with Gasteiger partial charge in [-0.1, -0.05) is 110 Å². The molecule has 0 radical (unpaired) electrons. The molecule has 206 valence electrons. The molecule has 2 unspecified atom stereocenters. The first-order valence-corrected chi connectivity index (χ1v) is 15.3. The Kier molecular flexibility index (Phi) is 21.1. The van der Waals surface area contributed by atoms with Gasteiger partial charge in [-0.05, 0) is 6.42 Å². The summed E-state index contributed by atoms with van der Waals surface area (Å²) in [4.78, 5) is 12.1. The van der Waals surface area contributed by atoms with Crippen LogP contribution in [0.2, 0.25) is 0 Å². The van der Waals surface area contributed by atoms with Crippen LogP contribution >= 0.6 is 7.82 Å². The molecule has 3 atom stereocenters. The molecule has 0 spiro atoms. The molecule has 0 rings (SSSR count). The van der Waals surface area contributed by atoms with Crippen molar-refractivity contribution < 1.29 is 33.2 Å². The zero-order valence-electron chi connectivity index (χ0n) is 22.7. The molecule has 7 nitrogen and oxygen atoms in total. The minimum Gasteiger partial charge on any atom is -0.756 e. The molecule has 0 heterocycles. The molecule has 34 heavy (non-hydrogen) atoms. The first kappa shape index (κ1) is 34.0. The zero-order valence-corrected chi connectivity index (χ0v) is 23.6. The number of rotatable bonds is 25. The third-order valence-corrected chi connectivity index (χ3v) is 7.07. The molecule has 0 saturated heterocycles. The number of aliphatic hydroxyl groups excluding tert-OH is 2. The molecule has 0 aromatic rings. The fraction of sp³-hybridized carbons (Fsp3) is 1.00. The lowest BCUT2D eigenvalue weighted by Gasteiger charge is -2.33. The number of quaternary nitrogens is 1. The Balaban J connectivity index is 3.86. The highest BCUT2D eigenvalue weighted by Crippen LogP contribution is 2.41. The Morgan fingerprint density at radius 2 is 1.21 bits per heavy atom. The van der Waals surface area contributed by atoms with Crippen LogP contribution in [0.15, 0.2) is 0 Å². The van der Waals surface area contributed by atoms with Gasteiger partial charge in [0.1, 0.15) is 18.8 Å². The SMILES string of the molecule is CCCCCCCCCCCCCCCCCCC(C[N+](C)(C)C)OP(=O)([O-])OC[C@H](O)CO. The summed E-state index contributed by atoms with van der Waals surface area (Å²) in [6.45, 7) is 1.77. The van der Waals surface area contributed by atoms with Crippen LogP contribution in [-0.2, 0) is 13.6 Å². The number of aliphatic hydroxyl groups is 2. The van der Waals surface area contributed by atoms with Gasteiger partial charge in [0, 0.05) is 0 Å².